The minimum atomic E-state index is -0.192. The van der Waals surface area contributed by atoms with Crippen LogP contribution in [0, 0.1) is 0 Å². The topological polar surface area (TPSA) is 64.3 Å². The zero-order chi connectivity index (χ0) is 12.7. The number of ether oxygens (including phenoxy) is 1. The molecule has 0 aromatic heterocycles. The standard InChI is InChI=1S/C12H17ClN2O2/c1-2-9(7-14)15-12(16)8-17-11-6-4-3-5-10(11)13/h3-6,9H,2,7-8,14H2,1H3,(H,15,16). The molecule has 94 valence electrons. The Labute approximate surface area is 106 Å². The van der Waals surface area contributed by atoms with Crippen LogP contribution in [0.1, 0.15) is 13.3 Å². The molecule has 1 amide bonds. The van der Waals surface area contributed by atoms with Gasteiger partial charge in [0.05, 0.1) is 5.02 Å². The molecular formula is C12H17ClN2O2. The zero-order valence-corrected chi connectivity index (χ0v) is 10.5. The van der Waals surface area contributed by atoms with Crippen LogP contribution >= 0.6 is 11.6 Å². The van der Waals surface area contributed by atoms with E-state index >= 15 is 0 Å². The van der Waals surface area contributed by atoms with E-state index in [2.05, 4.69) is 5.32 Å². The van der Waals surface area contributed by atoms with Crippen molar-refractivity contribution in [1.29, 1.82) is 0 Å². The fourth-order valence-corrected chi connectivity index (χ4v) is 1.49. The highest BCUT2D eigenvalue weighted by molar-refractivity contribution is 6.32. The maximum Gasteiger partial charge on any atom is 0.258 e. The SMILES string of the molecule is CCC(CN)NC(=O)COc1ccccc1Cl. The minimum absolute atomic E-state index is 0.00246. The monoisotopic (exact) mass is 256 g/mol. The quantitative estimate of drug-likeness (QED) is 0.812. The van der Waals surface area contributed by atoms with E-state index in [1.807, 2.05) is 6.92 Å². The Bertz CT molecular complexity index is 367. The van der Waals surface area contributed by atoms with Crippen molar-refractivity contribution >= 4 is 17.5 Å². The minimum Gasteiger partial charge on any atom is -0.482 e. The first-order valence-corrected chi connectivity index (χ1v) is 5.92. The summed E-state index contributed by atoms with van der Waals surface area (Å²) in [6.07, 6.45) is 0.800. The van der Waals surface area contributed by atoms with Gasteiger partial charge in [0.25, 0.3) is 5.91 Å². The van der Waals surface area contributed by atoms with E-state index in [0.29, 0.717) is 17.3 Å². The maximum absolute atomic E-state index is 11.5. The van der Waals surface area contributed by atoms with Crippen LogP contribution in [0.25, 0.3) is 0 Å². The molecule has 4 nitrogen and oxygen atoms in total. The van der Waals surface area contributed by atoms with Gasteiger partial charge in [0.1, 0.15) is 5.75 Å². The van der Waals surface area contributed by atoms with E-state index in [-0.39, 0.29) is 18.6 Å². The lowest BCUT2D eigenvalue weighted by molar-refractivity contribution is -0.123. The summed E-state index contributed by atoms with van der Waals surface area (Å²) >= 11 is 5.89. The van der Waals surface area contributed by atoms with Crippen molar-refractivity contribution in [3.8, 4) is 5.75 Å². The van der Waals surface area contributed by atoms with E-state index in [0.717, 1.165) is 6.42 Å². The van der Waals surface area contributed by atoms with Crippen molar-refractivity contribution in [3.05, 3.63) is 29.3 Å². The first kappa shape index (κ1) is 13.8. The van der Waals surface area contributed by atoms with Crippen LogP contribution in [-0.2, 0) is 4.79 Å². The summed E-state index contributed by atoms with van der Waals surface area (Å²) in [5.41, 5.74) is 5.49. The van der Waals surface area contributed by atoms with Gasteiger partial charge in [-0.1, -0.05) is 30.7 Å². The summed E-state index contributed by atoms with van der Waals surface area (Å²) in [5.74, 6) is 0.312. The number of halogens is 1. The highest BCUT2D eigenvalue weighted by Gasteiger charge is 2.09. The predicted molar refractivity (Wildman–Crippen MR) is 68.2 cm³/mol. The molecule has 1 unspecified atom stereocenters. The number of nitrogens with one attached hydrogen (secondary N) is 1. The Morgan fingerprint density at radius 2 is 2.24 bits per heavy atom. The number of hydrogen-bond acceptors (Lipinski definition) is 3. The molecule has 0 heterocycles. The number of carbonyl (C=O) groups is 1. The largest absolute Gasteiger partial charge is 0.482 e. The van der Waals surface area contributed by atoms with Crippen LogP contribution in [0.2, 0.25) is 5.02 Å². The van der Waals surface area contributed by atoms with E-state index in [1.54, 1.807) is 24.3 Å². The van der Waals surface area contributed by atoms with E-state index in [4.69, 9.17) is 22.1 Å². The molecule has 0 saturated heterocycles. The third-order valence-electron chi connectivity index (χ3n) is 2.34. The van der Waals surface area contributed by atoms with Gasteiger partial charge in [0.15, 0.2) is 6.61 Å². The van der Waals surface area contributed by atoms with E-state index < -0.39 is 0 Å². The summed E-state index contributed by atoms with van der Waals surface area (Å²) in [6.45, 7) is 2.33. The van der Waals surface area contributed by atoms with Crippen LogP contribution < -0.4 is 15.8 Å². The summed E-state index contributed by atoms with van der Waals surface area (Å²) < 4.78 is 5.30. The highest BCUT2D eigenvalue weighted by atomic mass is 35.5. The molecule has 0 bridgehead atoms. The number of amides is 1. The number of rotatable bonds is 6. The fourth-order valence-electron chi connectivity index (χ4n) is 1.30. The Balaban J connectivity index is 2.41. The molecule has 1 aromatic carbocycles. The van der Waals surface area contributed by atoms with Gasteiger partial charge >= 0.3 is 0 Å². The summed E-state index contributed by atoms with van der Waals surface area (Å²) in [6, 6.07) is 7.03. The number of nitrogens with two attached hydrogens (primary N) is 1. The Kier molecular flexibility index (Phi) is 5.80. The smallest absolute Gasteiger partial charge is 0.258 e. The molecule has 1 aromatic rings. The van der Waals surface area contributed by atoms with Gasteiger partial charge in [-0.3, -0.25) is 4.79 Å². The van der Waals surface area contributed by atoms with Gasteiger partial charge in [0, 0.05) is 12.6 Å². The molecule has 5 heteroatoms. The van der Waals surface area contributed by atoms with Crippen LogP contribution in [0.4, 0.5) is 0 Å². The molecular weight excluding hydrogens is 240 g/mol. The molecule has 0 radical (unpaired) electrons. The second-order valence-electron chi connectivity index (χ2n) is 3.63. The summed E-state index contributed by atoms with van der Waals surface area (Å²) in [7, 11) is 0. The first-order chi connectivity index (χ1) is 8.17. The molecule has 0 fully saturated rings. The van der Waals surface area contributed by atoms with Crippen LogP contribution in [0.5, 0.6) is 5.75 Å². The van der Waals surface area contributed by atoms with Crippen LogP contribution in [0.3, 0.4) is 0 Å². The molecule has 0 aliphatic carbocycles. The van der Waals surface area contributed by atoms with Crippen LogP contribution in [0.15, 0.2) is 24.3 Å². The Hall–Kier alpha value is -1.26. The van der Waals surface area contributed by atoms with Crippen molar-refractivity contribution in [2.24, 2.45) is 5.73 Å². The average molecular weight is 257 g/mol. The van der Waals surface area contributed by atoms with Crippen molar-refractivity contribution < 1.29 is 9.53 Å². The molecule has 0 aliphatic rings. The van der Waals surface area contributed by atoms with Gasteiger partial charge in [-0.25, -0.2) is 0 Å². The predicted octanol–water partition coefficient (Wildman–Crippen LogP) is 1.57. The number of para-hydroxylation sites is 1. The molecule has 0 spiro atoms. The molecule has 3 N–H and O–H groups in total. The van der Waals surface area contributed by atoms with Gasteiger partial charge in [-0.05, 0) is 18.6 Å². The average Bonchev–Trinajstić information content (AvgIpc) is 2.35. The van der Waals surface area contributed by atoms with Gasteiger partial charge in [-0.15, -0.1) is 0 Å². The molecule has 1 atom stereocenters. The second-order valence-corrected chi connectivity index (χ2v) is 4.03. The van der Waals surface area contributed by atoms with Gasteiger partial charge in [0.2, 0.25) is 0 Å². The van der Waals surface area contributed by atoms with E-state index in [1.165, 1.54) is 0 Å². The molecule has 0 aliphatic heterocycles. The molecule has 0 saturated carbocycles. The highest BCUT2D eigenvalue weighted by Crippen LogP contribution is 2.22. The van der Waals surface area contributed by atoms with E-state index in [9.17, 15) is 4.79 Å². The maximum atomic E-state index is 11.5. The Morgan fingerprint density at radius 1 is 1.53 bits per heavy atom. The molecule has 1 rings (SSSR count). The third-order valence-corrected chi connectivity index (χ3v) is 2.65. The number of hydrogen-bond donors (Lipinski definition) is 2. The lowest BCUT2D eigenvalue weighted by Gasteiger charge is -2.15. The fraction of sp³-hybridized carbons (Fsp3) is 0.417. The molecule has 17 heavy (non-hydrogen) atoms. The zero-order valence-electron chi connectivity index (χ0n) is 9.78. The van der Waals surface area contributed by atoms with Crippen LogP contribution in [-0.4, -0.2) is 25.1 Å². The van der Waals surface area contributed by atoms with Gasteiger partial charge < -0.3 is 15.8 Å². The van der Waals surface area contributed by atoms with Crippen molar-refractivity contribution in [2.75, 3.05) is 13.2 Å². The lowest BCUT2D eigenvalue weighted by atomic mass is 10.2. The van der Waals surface area contributed by atoms with Crippen molar-refractivity contribution in [2.45, 2.75) is 19.4 Å². The normalized spacial score (nSPS) is 11.9. The van der Waals surface area contributed by atoms with Crippen molar-refractivity contribution in [1.82, 2.24) is 5.32 Å². The first-order valence-electron chi connectivity index (χ1n) is 5.54. The van der Waals surface area contributed by atoms with Gasteiger partial charge in [-0.2, -0.15) is 0 Å². The summed E-state index contributed by atoms with van der Waals surface area (Å²) in [5, 5.41) is 3.27. The van der Waals surface area contributed by atoms with Crippen molar-refractivity contribution in [3.63, 3.8) is 0 Å². The summed E-state index contributed by atoms with van der Waals surface area (Å²) in [4.78, 5) is 11.5. The number of benzene rings is 1. The number of carbonyl (C=O) groups excluding carboxylic acids is 1. The Morgan fingerprint density at radius 3 is 2.82 bits per heavy atom. The third kappa shape index (κ3) is 4.63. The lowest BCUT2D eigenvalue weighted by Crippen LogP contribution is -2.41. The second kappa shape index (κ2) is 7.14.